The second-order valence-corrected chi connectivity index (χ2v) is 5.96. The minimum Gasteiger partial charge on any atom is -0.496 e. The van der Waals surface area contributed by atoms with E-state index in [9.17, 15) is 9.18 Å². The summed E-state index contributed by atoms with van der Waals surface area (Å²) in [5.41, 5.74) is 2.67. The van der Waals surface area contributed by atoms with Crippen LogP contribution in [0.25, 0.3) is 0 Å². The maximum absolute atomic E-state index is 13.5. The number of methoxy groups -OCH3 is 1. The van der Waals surface area contributed by atoms with Crippen LogP contribution in [0.4, 0.5) is 10.1 Å². The molecule has 0 unspecified atom stereocenters. The van der Waals surface area contributed by atoms with Gasteiger partial charge in [-0.1, -0.05) is 12.1 Å². The third-order valence-electron chi connectivity index (χ3n) is 4.33. The topological polar surface area (TPSA) is 32.8 Å². The molecule has 5 heteroatoms. The Morgan fingerprint density at radius 3 is 2.50 bits per heavy atom. The van der Waals surface area contributed by atoms with Gasteiger partial charge in [0.1, 0.15) is 11.6 Å². The van der Waals surface area contributed by atoms with Crippen LogP contribution in [0.1, 0.15) is 15.9 Å². The summed E-state index contributed by atoms with van der Waals surface area (Å²) in [7, 11) is 1.49. The lowest BCUT2D eigenvalue weighted by molar-refractivity contribution is 0.0743. The van der Waals surface area contributed by atoms with Gasteiger partial charge in [0.05, 0.1) is 12.7 Å². The Morgan fingerprint density at radius 1 is 1.08 bits per heavy atom. The molecule has 1 aliphatic rings. The third-order valence-corrected chi connectivity index (χ3v) is 4.33. The van der Waals surface area contributed by atoms with E-state index in [-0.39, 0.29) is 11.5 Å². The summed E-state index contributed by atoms with van der Waals surface area (Å²) in [4.78, 5) is 16.7. The van der Waals surface area contributed by atoms with Gasteiger partial charge in [0, 0.05) is 31.9 Å². The molecule has 1 amide bonds. The van der Waals surface area contributed by atoms with E-state index in [1.807, 2.05) is 6.07 Å². The molecule has 0 radical (unpaired) electrons. The smallest absolute Gasteiger partial charge is 0.257 e. The Labute approximate surface area is 141 Å². The van der Waals surface area contributed by atoms with Gasteiger partial charge in [0.15, 0.2) is 0 Å². The number of anilines is 1. The molecule has 1 fully saturated rings. The molecule has 2 aromatic rings. The van der Waals surface area contributed by atoms with Crippen molar-refractivity contribution in [3.8, 4) is 5.75 Å². The molecule has 0 spiro atoms. The van der Waals surface area contributed by atoms with Crippen molar-refractivity contribution in [2.75, 3.05) is 38.2 Å². The number of hydrogen-bond donors (Lipinski definition) is 0. The molecule has 126 valence electrons. The maximum Gasteiger partial charge on any atom is 0.257 e. The van der Waals surface area contributed by atoms with Gasteiger partial charge in [-0.15, -0.1) is 0 Å². The molecule has 1 saturated heterocycles. The number of nitrogens with zero attached hydrogens (tertiary/aromatic N) is 2. The summed E-state index contributed by atoms with van der Waals surface area (Å²) in [6.45, 7) is 4.79. The number of ether oxygens (including phenoxy) is 1. The molecule has 1 heterocycles. The zero-order valence-corrected chi connectivity index (χ0v) is 14.0. The van der Waals surface area contributed by atoms with Crippen LogP contribution < -0.4 is 9.64 Å². The van der Waals surface area contributed by atoms with Crippen LogP contribution in [0, 0.1) is 12.7 Å². The van der Waals surface area contributed by atoms with Crippen LogP contribution in [0.5, 0.6) is 5.75 Å². The minimum absolute atomic E-state index is 0.185. The Bertz CT molecular complexity index is 740. The molecule has 0 aromatic heterocycles. The Hall–Kier alpha value is -2.56. The molecule has 0 atom stereocenters. The molecule has 0 aliphatic carbocycles. The van der Waals surface area contributed by atoms with E-state index in [0.29, 0.717) is 18.8 Å². The number of carbonyl (C=O) groups excluding carboxylic acids is 1. The number of rotatable bonds is 3. The van der Waals surface area contributed by atoms with Crippen molar-refractivity contribution in [1.82, 2.24) is 4.90 Å². The average Bonchev–Trinajstić information content (AvgIpc) is 2.61. The summed E-state index contributed by atoms with van der Waals surface area (Å²) < 4.78 is 18.7. The van der Waals surface area contributed by atoms with Gasteiger partial charge >= 0.3 is 0 Å². The number of amides is 1. The van der Waals surface area contributed by atoms with Crippen LogP contribution in [0.2, 0.25) is 0 Å². The third kappa shape index (κ3) is 3.35. The van der Waals surface area contributed by atoms with Gasteiger partial charge in [0.25, 0.3) is 5.91 Å². The first kappa shape index (κ1) is 16.3. The van der Waals surface area contributed by atoms with Gasteiger partial charge in [-0.2, -0.15) is 0 Å². The lowest BCUT2D eigenvalue weighted by atomic mass is 10.1. The van der Waals surface area contributed by atoms with Gasteiger partial charge in [-0.05, 0) is 42.8 Å². The van der Waals surface area contributed by atoms with Crippen molar-refractivity contribution in [2.24, 2.45) is 0 Å². The van der Waals surface area contributed by atoms with Crippen LogP contribution in [0.3, 0.4) is 0 Å². The molecule has 1 aliphatic heterocycles. The minimum atomic E-state index is -0.433. The van der Waals surface area contributed by atoms with Crippen molar-refractivity contribution in [3.63, 3.8) is 0 Å². The molecule has 3 rings (SSSR count). The SMILES string of the molecule is COc1ccc(F)cc1C(=O)N1CCN(c2cccc(C)c2)CC1. The first-order valence-corrected chi connectivity index (χ1v) is 8.03. The highest BCUT2D eigenvalue weighted by Crippen LogP contribution is 2.23. The summed E-state index contributed by atoms with van der Waals surface area (Å²) >= 11 is 0. The fourth-order valence-electron chi connectivity index (χ4n) is 3.01. The van der Waals surface area contributed by atoms with E-state index >= 15 is 0 Å². The Balaban J connectivity index is 1.70. The Kier molecular flexibility index (Phi) is 4.69. The number of carbonyl (C=O) groups is 1. The average molecular weight is 328 g/mol. The number of benzene rings is 2. The first-order valence-electron chi connectivity index (χ1n) is 8.03. The Morgan fingerprint density at radius 2 is 1.83 bits per heavy atom. The van der Waals surface area contributed by atoms with Crippen LogP contribution in [-0.4, -0.2) is 44.1 Å². The summed E-state index contributed by atoms with van der Waals surface area (Å²) in [5, 5.41) is 0. The monoisotopic (exact) mass is 328 g/mol. The van der Waals surface area contributed by atoms with Crippen molar-refractivity contribution in [1.29, 1.82) is 0 Å². The molecular formula is C19H21FN2O2. The van der Waals surface area contributed by atoms with Gasteiger partial charge in [0.2, 0.25) is 0 Å². The number of halogens is 1. The van der Waals surface area contributed by atoms with Gasteiger partial charge in [-0.25, -0.2) is 4.39 Å². The highest BCUT2D eigenvalue weighted by molar-refractivity contribution is 5.97. The summed E-state index contributed by atoms with van der Waals surface area (Å²) in [6, 6.07) is 12.4. The normalized spacial score (nSPS) is 14.6. The molecular weight excluding hydrogens is 307 g/mol. The number of piperazine rings is 1. The van der Waals surface area contributed by atoms with Crippen LogP contribution in [-0.2, 0) is 0 Å². The quantitative estimate of drug-likeness (QED) is 0.868. The maximum atomic E-state index is 13.5. The van der Waals surface area contributed by atoms with E-state index in [4.69, 9.17) is 4.74 Å². The largest absolute Gasteiger partial charge is 0.496 e. The van der Waals surface area contributed by atoms with Crippen molar-refractivity contribution >= 4 is 11.6 Å². The first-order chi connectivity index (χ1) is 11.6. The zero-order valence-electron chi connectivity index (χ0n) is 14.0. The van der Waals surface area contributed by atoms with Gasteiger partial charge in [-0.3, -0.25) is 4.79 Å². The van der Waals surface area contributed by atoms with Crippen LogP contribution >= 0.6 is 0 Å². The molecule has 4 nitrogen and oxygen atoms in total. The van der Waals surface area contributed by atoms with Gasteiger partial charge < -0.3 is 14.5 Å². The van der Waals surface area contributed by atoms with E-state index < -0.39 is 5.82 Å². The fraction of sp³-hybridized carbons (Fsp3) is 0.316. The molecule has 0 saturated carbocycles. The second-order valence-electron chi connectivity index (χ2n) is 5.96. The fourth-order valence-corrected chi connectivity index (χ4v) is 3.01. The molecule has 24 heavy (non-hydrogen) atoms. The molecule has 0 bridgehead atoms. The summed E-state index contributed by atoms with van der Waals surface area (Å²) in [5.74, 6) is -0.213. The molecule has 2 aromatic carbocycles. The van der Waals surface area contributed by atoms with E-state index in [1.54, 1.807) is 4.90 Å². The second kappa shape index (κ2) is 6.91. The van der Waals surface area contributed by atoms with Crippen LogP contribution in [0.15, 0.2) is 42.5 Å². The zero-order chi connectivity index (χ0) is 17.1. The van der Waals surface area contributed by atoms with Crippen molar-refractivity contribution < 1.29 is 13.9 Å². The highest BCUT2D eigenvalue weighted by Gasteiger charge is 2.24. The van der Waals surface area contributed by atoms with E-state index in [1.165, 1.54) is 36.6 Å². The summed E-state index contributed by atoms with van der Waals surface area (Å²) in [6.07, 6.45) is 0. The van der Waals surface area contributed by atoms with Crippen molar-refractivity contribution in [2.45, 2.75) is 6.92 Å². The van der Waals surface area contributed by atoms with Crippen molar-refractivity contribution in [3.05, 3.63) is 59.4 Å². The standard InChI is InChI=1S/C19H21FN2O2/c1-14-4-3-5-16(12-14)21-8-10-22(11-9-21)19(23)17-13-15(20)6-7-18(17)24-2/h3-7,12-13H,8-11H2,1-2H3. The highest BCUT2D eigenvalue weighted by atomic mass is 19.1. The number of hydrogen-bond acceptors (Lipinski definition) is 3. The lowest BCUT2D eigenvalue weighted by Gasteiger charge is -2.36. The molecule has 0 N–H and O–H groups in total. The number of aryl methyl sites for hydroxylation is 1. The lowest BCUT2D eigenvalue weighted by Crippen LogP contribution is -2.48. The predicted octanol–water partition coefficient (Wildman–Crippen LogP) is 3.11. The predicted molar refractivity (Wildman–Crippen MR) is 92.2 cm³/mol. The van der Waals surface area contributed by atoms with E-state index in [0.717, 1.165) is 13.1 Å². The van der Waals surface area contributed by atoms with E-state index in [2.05, 4.69) is 30.0 Å².